The Morgan fingerprint density at radius 1 is 0.966 bits per heavy atom. The van der Waals surface area contributed by atoms with Gasteiger partial charge in [0.05, 0.1) is 12.8 Å². The molecule has 3 aromatic rings. The Kier molecular flexibility index (Phi) is 5.92. The zero-order valence-corrected chi connectivity index (χ0v) is 15.9. The zero-order valence-electron chi connectivity index (χ0n) is 15.1. The third-order valence-corrected chi connectivity index (χ3v) is 5.27. The molecule has 1 aromatic heterocycles. The second-order valence-corrected chi connectivity index (χ2v) is 7.62. The molecule has 0 aliphatic carbocycles. The predicted molar refractivity (Wildman–Crippen MR) is 102 cm³/mol. The molecule has 0 radical (unpaired) electrons. The van der Waals surface area contributed by atoms with E-state index in [0.717, 1.165) is 24.4 Å². The Morgan fingerprint density at radius 2 is 1.76 bits per heavy atom. The highest BCUT2D eigenvalue weighted by Crippen LogP contribution is 2.20. The van der Waals surface area contributed by atoms with Crippen molar-refractivity contribution in [2.75, 3.05) is 17.1 Å². The number of pyridine rings is 1. The van der Waals surface area contributed by atoms with Crippen LogP contribution in [0.2, 0.25) is 0 Å². The minimum atomic E-state index is -4.03. The van der Waals surface area contributed by atoms with Crippen LogP contribution in [0.3, 0.4) is 0 Å². The van der Waals surface area contributed by atoms with Gasteiger partial charge >= 0.3 is 0 Å². The number of anilines is 2. The number of sulfonamides is 1. The van der Waals surface area contributed by atoms with Crippen LogP contribution in [0.25, 0.3) is 0 Å². The zero-order chi connectivity index (χ0) is 21.0. The first kappa shape index (κ1) is 20.5. The molecule has 0 spiro atoms. The van der Waals surface area contributed by atoms with Crippen molar-refractivity contribution < 1.29 is 26.3 Å². The summed E-state index contributed by atoms with van der Waals surface area (Å²) in [7, 11) is -2.66. The number of halogens is 3. The maximum atomic E-state index is 13.7. The second kappa shape index (κ2) is 8.39. The van der Waals surface area contributed by atoms with Gasteiger partial charge in [-0.3, -0.25) is 4.72 Å². The highest BCUT2D eigenvalue weighted by molar-refractivity contribution is 7.92. The van der Waals surface area contributed by atoms with E-state index in [0.29, 0.717) is 11.4 Å². The molecule has 0 bridgehead atoms. The maximum Gasteiger partial charge on any atom is 0.263 e. The summed E-state index contributed by atoms with van der Waals surface area (Å²) >= 11 is 0. The molecule has 0 saturated heterocycles. The first-order chi connectivity index (χ1) is 13.8. The van der Waals surface area contributed by atoms with Gasteiger partial charge in [0, 0.05) is 18.8 Å². The SMILES string of the molecule is COc1ccc(CNc2ccc(S(=O)(=O)Nc3ccc(F)c(F)c3)cn2)cc1F. The third kappa shape index (κ3) is 4.96. The number of benzene rings is 2. The van der Waals surface area contributed by atoms with Gasteiger partial charge in [0.25, 0.3) is 10.0 Å². The number of aromatic nitrogens is 1. The normalized spacial score (nSPS) is 11.2. The van der Waals surface area contributed by atoms with Gasteiger partial charge in [-0.05, 0) is 42.0 Å². The second-order valence-electron chi connectivity index (χ2n) is 5.94. The molecule has 2 N–H and O–H groups in total. The van der Waals surface area contributed by atoms with E-state index in [1.54, 1.807) is 6.07 Å². The average Bonchev–Trinajstić information content (AvgIpc) is 2.69. The summed E-state index contributed by atoms with van der Waals surface area (Å²) in [5.74, 6) is -2.24. The third-order valence-electron chi connectivity index (χ3n) is 3.91. The van der Waals surface area contributed by atoms with Crippen LogP contribution in [0, 0.1) is 17.5 Å². The fourth-order valence-corrected chi connectivity index (χ4v) is 3.42. The van der Waals surface area contributed by atoms with Crippen LogP contribution in [0.15, 0.2) is 59.6 Å². The molecule has 29 heavy (non-hydrogen) atoms. The van der Waals surface area contributed by atoms with Crippen molar-refractivity contribution in [1.29, 1.82) is 0 Å². The average molecular weight is 423 g/mol. The van der Waals surface area contributed by atoms with Gasteiger partial charge in [-0.1, -0.05) is 6.07 Å². The smallest absolute Gasteiger partial charge is 0.263 e. The highest BCUT2D eigenvalue weighted by atomic mass is 32.2. The molecule has 0 amide bonds. The lowest BCUT2D eigenvalue weighted by atomic mass is 10.2. The Morgan fingerprint density at radius 3 is 2.38 bits per heavy atom. The Labute approximate surface area is 165 Å². The van der Waals surface area contributed by atoms with Crippen LogP contribution in [0.4, 0.5) is 24.7 Å². The van der Waals surface area contributed by atoms with Crippen molar-refractivity contribution in [2.24, 2.45) is 0 Å². The van der Waals surface area contributed by atoms with E-state index in [1.165, 1.54) is 31.4 Å². The van der Waals surface area contributed by atoms with E-state index in [-0.39, 0.29) is 22.9 Å². The van der Waals surface area contributed by atoms with Crippen molar-refractivity contribution in [3.63, 3.8) is 0 Å². The van der Waals surface area contributed by atoms with Crippen LogP contribution in [-0.2, 0) is 16.6 Å². The number of hydrogen-bond donors (Lipinski definition) is 2. The van der Waals surface area contributed by atoms with Crippen LogP contribution in [-0.4, -0.2) is 20.5 Å². The van der Waals surface area contributed by atoms with E-state index in [2.05, 4.69) is 15.0 Å². The quantitative estimate of drug-likeness (QED) is 0.602. The summed E-state index contributed by atoms with van der Waals surface area (Å²) in [5, 5.41) is 2.94. The summed E-state index contributed by atoms with van der Waals surface area (Å²) < 4.78 is 71.6. The molecule has 0 aliphatic rings. The minimum Gasteiger partial charge on any atom is -0.494 e. The number of rotatable bonds is 7. The number of methoxy groups -OCH3 is 1. The molecule has 0 fully saturated rings. The fourth-order valence-electron chi connectivity index (χ4n) is 2.43. The molecule has 0 saturated carbocycles. The van der Waals surface area contributed by atoms with Gasteiger partial charge in [0.1, 0.15) is 10.7 Å². The standard InChI is InChI=1S/C19H16F3N3O3S/c1-28-18-6-2-12(8-17(18)22)10-23-19-7-4-14(11-24-19)29(26,27)25-13-3-5-15(20)16(21)9-13/h2-9,11,25H,10H2,1H3,(H,23,24). The van der Waals surface area contributed by atoms with E-state index >= 15 is 0 Å². The van der Waals surface area contributed by atoms with Crippen molar-refractivity contribution >= 4 is 21.5 Å². The van der Waals surface area contributed by atoms with Crippen LogP contribution in [0.5, 0.6) is 5.75 Å². The van der Waals surface area contributed by atoms with E-state index in [9.17, 15) is 21.6 Å². The van der Waals surface area contributed by atoms with Gasteiger partial charge in [0.15, 0.2) is 23.2 Å². The fraction of sp³-hybridized carbons (Fsp3) is 0.105. The number of nitrogens with one attached hydrogen (secondary N) is 2. The molecule has 6 nitrogen and oxygen atoms in total. The van der Waals surface area contributed by atoms with E-state index in [4.69, 9.17) is 4.74 Å². The highest BCUT2D eigenvalue weighted by Gasteiger charge is 2.16. The van der Waals surface area contributed by atoms with Gasteiger partial charge in [-0.15, -0.1) is 0 Å². The lowest BCUT2D eigenvalue weighted by Crippen LogP contribution is -2.14. The van der Waals surface area contributed by atoms with Crippen molar-refractivity contribution in [1.82, 2.24) is 4.98 Å². The summed E-state index contributed by atoms with van der Waals surface area (Å²) in [6.45, 7) is 0.257. The van der Waals surface area contributed by atoms with E-state index < -0.39 is 27.5 Å². The lowest BCUT2D eigenvalue weighted by molar-refractivity contribution is 0.386. The Hall–Kier alpha value is -3.27. The largest absolute Gasteiger partial charge is 0.494 e. The maximum absolute atomic E-state index is 13.7. The monoisotopic (exact) mass is 423 g/mol. The van der Waals surface area contributed by atoms with Gasteiger partial charge in [-0.25, -0.2) is 26.6 Å². The molecule has 152 valence electrons. The molecule has 0 unspecified atom stereocenters. The molecular formula is C19H16F3N3O3S. The summed E-state index contributed by atoms with van der Waals surface area (Å²) in [6.07, 6.45) is 1.11. The lowest BCUT2D eigenvalue weighted by Gasteiger charge is -2.10. The molecule has 0 atom stereocenters. The van der Waals surface area contributed by atoms with Gasteiger partial charge in [0.2, 0.25) is 0 Å². The summed E-state index contributed by atoms with van der Waals surface area (Å²) in [5.41, 5.74) is 0.523. The van der Waals surface area contributed by atoms with Crippen LogP contribution >= 0.6 is 0 Å². The first-order valence-electron chi connectivity index (χ1n) is 8.29. The van der Waals surface area contributed by atoms with Crippen molar-refractivity contribution in [2.45, 2.75) is 11.4 Å². The molecule has 2 aromatic carbocycles. The van der Waals surface area contributed by atoms with Crippen LogP contribution < -0.4 is 14.8 Å². The summed E-state index contributed by atoms with van der Waals surface area (Å²) in [4.78, 5) is 3.84. The number of hydrogen-bond acceptors (Lipinski definition) is 5. The molecular weight excluding hydrogens is 407 g/mol. The first-order valence-corrected chi connectivity index (χ1v) is 9.77. The van der Waals surface area contributed by atoms with Crippen LogP contribution in [0.1, 0.15) is 5.56 Å². The van der Waals surface area contributed by atoms with Crippen molar-refractivity contribution in [3.05, 3.63) is 77.7 Å². The van der Waals surface area contributed by atoms with E-state index in [1.807, 2.05) is 0 Å². The molecule has 1 heterocycles. The summed E-state index contributed by atoms with van der Waals surface area (Å²) in [6, 6.07) is 9.89. The molecule has 3 rings (SSSR count). The Bertz CT molecular complexity index is 1120. The minimum absolute atomic E-state index is 0.118. The predicted octanol–water partition coefficient (Wildman–Crippen LogP) is 3.92. The van der Waals surface area contributed by atoms with Gasteiger partial charge < -0.3 is 10.1 Å². The van der Waals surface area contributed by atoms with Crippen molar-refractivity contribution in [3.8, 4) is 5.75 Å². The Balaban J connectivity index is 1.67. The van der Waals surface area contributed by atoms with Gasteiger partial charge in [-0.2, -0.15) is 0 Å². The molecule has 10 heteroatoms. The number of ether oxygens (including phenoxy) is 1. The number of nitrogens with zero attached hydrogens (tertiary/aromatic N) is 1. The topological polar surface area (TPSA) is 80.3 Å². The molecule has 0 aliphatic heterocycles.